The molecule has 1 unspecified atom stereocenters. The molecule has 1 N–H and O–H groups in total. The van der Waals surface area contributed by atoms with Crippen molar-refractivity contribution in [2.75, 3.05) is 13.2 Å². The first-order chi connectivity index (χ1) is 10.6. The number of imidazole rings is 1. The van der Waals surface area contributed by atoms with Gasteiger partial charge in [0.2, 0.25) is 0 Å². The molecule has 1 aliphatic heterocycles. The summed E-state index contributed by atoms with van der Waals surface area (Å²) in [5.74, 6) is 0.800. The number of amides is 1. The number of carbonyl (C=O) groups excluding carboxylic acids is 1. The van der Waals surface area contributed by atoms with Gasteiger partial charge in [0.25, 0.3) is 5.91 Å². The van der Waals surface area contributed by atoms with Crippen LogP contribution >= 0.6 is 11.6 Å². The number of halogens is 1. The maximum absolute atomic E-state index is 12.3. The molecule has 3 rings (SSSR count). The minimum atomic E-state index is -0.202. The molecule has 0 aliphatic carbocycles. The van der Waals surface area contributed by atoms with E-state index in [1.807, 2.05) is 17.7 Å². The van der Waals surface area contributed by atoms with Crippen LogP contribution < -0.4 is 14.8 Å². The van der Waals surface area contributed by atoms with E-state index in [9.17, 15) is 4.79 Å². The normalized spacial score (nSPS) is 14.5. The van der Waals surface area contributed by atoms with Crippen molar-refractivity contribution in [2.24, 2.45) is 0 Å². The van der Waals surface area contributed by atoms with Gasteiger partial charge in [0, 0.05) is 30.5 Å². The van der Waals surface area contributed by atoms with Crippen molar-refractivity contribution < 1.29 is 14.3 Å². The number of hydrogen-bond donors (Lipinski definition) is 1. The third-order valence-corrected chi connectivity index (χ3v) is 3.56. The SMILES string of the molecule is CC(Cn1ccnc1)NC(=O)c1cc(Cl)c2c(c1)OCCO2. The smallest absolute Gasteiger partial charge is 0.251 e. The molecule has 1 aromatic carbocycles. The van der Waals surface area contributed by atoms with Gasteiger partial charge in [0.1, 0.15) is 13.2 Å². The second-order valence-electron chi connectivity index (χ2n) is 5.12. The Morgan fingerprint density at radius 2 is 2.27 bits per heavy atom. The Kier molecular flexibility index (Phi) is 4.20. The lowest BCUT2D eigenvalue weighted by atomic mass is 10.1. The highest BCUT2D eigenvalue weighted by Gasteiger charge is 2.20. The summed E-state index contributed by atoms with van der Waals surface area (Å²) >= 11 is 6.15. The first-order valence-electron chi connectivity index (χ1n) is 6.99. The van der Waals surface area contributed by atoms with Crippen molar-refractivity contribution in [3.63, 3.8) is 0 Å². The molecule has 1 aliphatic rings. The highest BCUT2D eigenvalue weighted by Crippen LogP contribution is 2.38. The predicted octanol–water partition coefficient (Wildman–Crippen LogP) is 2.13. The molecule has 2 aromatic rings. The average Bonchev–Trinajstić information content (AvgIpc) is 3.00. The number of hydrogen-bond acceptors (Lipinski definition) is 4. The van der Waals surface area contributed by atoms with E-state index in [-0.39, 0.29) is 11.9 Å². The highest BCUT2D eigenvalue weighted by atomic mass is 35.5. The van der Waals surface area contributed by atoms with Gasteiger partial charge < -0.3 is 19.4 Å². The zero-order valence-corrected chi connectivity index (χ0v) is 12.8. The number of fused-ring (bicyclic) bond motifs is 1. The van der Waals surface area contributed by atoms with Gasteiger partial charge in [-0.25, -0.2) is 4.98 Å². The quantitative estimate of drug-likeness (QED) is 0.937. The molecule has 7 heteroatoms. The molecule has 0 saturated heterocycles. The van der Waals surface area contributed by atoms with E-state index in [0.717, 1.165) is 0 Å². The summed E-state index contributed by atoms with van der Waals surface area (Å²) in [6.07, 6.45) is 5.27. The molecular formula is C15H16ClN3O3. The van der Waals surface area contributed by atoms with Crippen molar-refractivity contribution in [1.29, 1.82) is 0 Å². The van der Waals surface area contributed by atoms with Crippen molar-refractivity contribution in [1.82, 2.24) is 14.9 Å². The summed E-state index contributed by atoms with van der Waals surface area (Å²) in [5.41, 5.74) is 0.451. The molecule has 0 saturated carbocycles. The topological polar surface area (TPSA) is 65.4 Å². The Balaban J connectivity index is 1.70. The van der Waals surface area contributed by atoms with E-state index >= 15 is 0 Å². The summed E-state index contributed by atoms with van der Waals surface area (Å²) in [4.78, 5) is 16.3. The minimum Gasteiger partial charge on any atom is -0.486 e. The van der Waals surface area contributed by atoms with Gasteiger partial charge in [-0.15, -0.1) is 0 Å². The number of nitrogens with zero attached hydrogens (tertiary/aromatic N) is 2. The molecule has 0 bridgehead atoms. The monoisotopic (exact) mass is 321 g/mol. The lowest BCUT2D eigenvalue weighted by molar-refractivity contribution is 0.0935. The van der Waals surface area contributed by atoms with Crippen LogP contribution in [0.15, 0.2) is 30.9 Å². The van der Waals surface area contributed by atoms with E-state index in [2.05, 4.69) is 10.3 Å². The molecular weight excluding hydrogens is 306 g/mol. The van der Waals surface area contributed by atoms with Crippen LogP contribution in [0.1, 0.15) is 17.3 Å². The minimum absolute atomic E-state index is 0.0475. The Labute approximate surface area is 133 Å². The summed E-state index contributed by atoms with van der Waals surface area (Å²) < 4.78 is 12.8. The van der Waals surface area contributed by atoms with Crippen LogP contribution in [0, 0.1) is 0 Å². The standard InChI is InChI=1S/C15H16ClN3O3/c1-10(8-19-3-2-17-9-19)18-15(20)11-6-12(16)14-13(7-11)21-4-5-22-14/h2-3,6-7,9-10H,4-5,8H2,1H3,(H,18,20). The molecule has 2 heterocycles. The number of benzene rings is 1. The fourth-order valence-electron chi connectivity index (χ4n) is 2.31. The summed E-state index contributed by atoms with van der Waals surface area (Å²) in [6.45, 7) is 3.48. The number of carbonyl (C=O) groups is 1. The molecule has 22 heavy (non-hydrogen) atoms. The van der Waals surface area contributed by atoms with Gasteiger partial charge in [-0.3, -0.25) is 4.79 Å². The molecule has 0 fully saturated rings. The Morgan fingerprint density at radius 1 is 1.45 bits per heavy atom. The predicted molar refractivity (Wildman–Crippen MR) is 81.6 cm³/mol. The summed E-state index contributed by atoms with van der Waals surface area (Å²) in [5, 5.41) is 3.31. The Morgan fingerprint density at radius 3 is 3.05 bits per heavy atom. The number of aromatic nitrogens is 2. The maximum atomic E-state index is 12.3. The van der Waals surface area contributed by atoms with Crippen LogP contribution in [0.25, 0.3) is 0 Å². The van der Waals surface area contributed by atoms with Crippen LogP contribution in [0.4, 0.5) is 0 Å². The van der Waals surface area contributed by atoms with Crippen LogP contribution in [0.5, 0.6) is 11.5 Å². The number of rotatable bonds is 4. The van der Waals surface area contributed by atoms with Crippen molar-refractivity contribution in [2.45, 2.75) is 19.5 Å². The van der Waals surface area contributed by atoms with Crippen LogP contribution in [-0.2, 0) is 6.54 Å². The van der Waals surface area contributed by atoms with Gasteiger partial charge in [0.05, 0.1) is 11.3 Å². The molecule has 1 aromatic heterocycles. The molecule has 0 radical (unpaired) electrons. The maximum Gasteiger partial charge on any atom is 0.251 e. The molecule has 0 spiro atoms. The largest absolute Gasteiger partial charge is 0.486 e. The van der Waals surface area contributed by atoms with E-state index in [0.29, 0.717) is 41.8 Å². The Bertz CT molecular complexity index is 673. The number of ether oxygens (including phenoxy) is 2. The van der Waals surface area contributed by atoms with E-state index in [1.54, 1.807) is 24.7 Å². The van der Waals surface area contributed by atoms with Gasteiger partial charge in [0.15, 0.2) is 11.5 Å². The first kappa shape index (κ1) is 14.7. The lowest BCUT2D eigenvalue weighted by Gasteiger charge is -2.20. The first-order valence-corrected chi connectivity index (χ1v) is 7.37. The molecule has 1 atom stereocenters. The third-order valence-electron chi connectivity index (χ3n) is 3.28. The Hall–Kier alpha value is -2.21. The van der Waals surface area contributed by atoms with Gasteiger partial charge in [-0.1, -0.05) is 11.6 Å². The van der Waals surface area contributed by atoms with Crippen LogP contribution in [0.3, 0.4) is 0 Å². The van der Waals surface area contributed by atoms with Crippen molar-refractivity contribution in [3.05, 3.63) is 41.4 Å². The van der Waals surface area contributed by atoms with Gasteiger partial charge >= 0.3 is 0 Å². The third kappa shape index (κ3) is 3.17. The summed E-state index contributed by atoms with van der Waals surface area (Å²) in [6, 6.07) is 3.20. The van der Waals surface area contributed by atoms with Gasteiger partial charge in [-0.05, 0) is 19.1 Å². The average molecular weight is 322 g/mol. The molecule has 6 nitrogen and oxygen atoms in total. The van der Waals surface area contributed by atoms with E-state index in [4.69, 9.17) is 21.1 Å². The van der Waals surface area contributed by atoms with E-state index < -0.39 is 0 Å². The zero-order chi connectivity index (χ0) is 15.5. The zero-order valence-electron chi connectivity index (χ0n) is 12.1. The second-order valence-corrected chi connectivity index (χ2v) is 5.52. The van der Waals surface area contributed by atoms with Crippen molar-refractivity contribution >= 4 is 17.5 Å². The van der Waals surface area contributed by atoms with E-state index in [1.165, 1.54) is 0 Å². The van der Waals surface area contributed by atoms with Gasteiger partial charge in [-0.2, -0.15) is 0 Å². The lowest BCUT2D eigenvalue weighted by Crippen LogP contribution is -2.35. The number of nitrogens with one attached hydrogen (secondary N) is 1. The van der Waals surface area contributed by atoms with Crippen molar-refractivity contribution in [3.8, 4) is 11.5 Å². The highest BCUT2D eigenvalue weighted by molar-refractivity contribution is 6.32. The van der Waals surface area contributed by atoms with Crippen LogP contribution in [-0.4, -0.2) is 34.7 Å². The second kappa shape index (κ2) is 6.27. The van der Waals surface area contributed by atoms with Crippen LogP contribution in [0.2, 0.25) is 5.02 Å². The summed E-state index contributed by atoms with van der Waals surface area (Å²) in [7, 11) is 0. The fraction of sp³-hybridized carbons (Fsp3) is 0.333. The molecule has 1 amide bonds. The molecule has 116 valence electrons. The fourth-order valence-corrected chi connectivity index (χ4v) is 2.57.